The maximum atomic E-state index is 12.5. The highest BCUT2D eigenvalue weighted by Crippen LogP contribution is 2.24. The normalized spacial score (nSPS) is 18.9. The zero-order valence-corrected chi connectivity index (χ0v) is 15.8. The highest BCUT2D eigenvalue weighted by Gasteiger charge is 2.25. The zero-order chi connectivity index (χ0) is 17.6. The third-order valence-corrected chi connectivity index (χ3v) is 5.68. The van der Waals surface area contributed by atoms with Gasteiger partial charge in [0, 0.05) is 30.6 Å². The zero-order valence-electron chi connectivity index (χ0n) is 14.9. The van der Waals surface area contributed by atoms with Crippen LogP contribution in [0.1, 0.15) is 24.5 Å². The first-order valence-electron chi connectivity index (χ1n) is 8.90. The number of likely N-dealkylation sites (tertiary alicyclic amines) is 1. The molecule has 0 aliphatic carbocycles. The molecule has 132 valence electrons. The van der Waals surface area contributed by atoms with Crippen LogP contribution in [0.2, 0.25) is 0 Å². The smallest absolute Gasteiger partial charge is 0.233 e. The van der Waals surface area contributed by atoms with Crippen molar-refractivity contribution in [3.63, 3.8) is 0 Å². The summed E-state index contributed by atoms with van der Waals surface area (Å²) in [6.45, 7) is 6.99. The molecule has 25 heavy (non-hydrogen) atoms. The van der Waals surface area contributed by atoms with Crippen molar-refractivity contribution in [2.45, 2.75) is 43.0 Å². The van der Waals surface area contributed by atoms with Crippen LogP contribution in [-0.4, -0.2) is 35.2 Å². The molecule has 0 spiro atoms. The number of carbonyl (C=O) groups is 1. The molecule has 3 nitrogen and oxygen atoms in total. The maximum Gasteiger partial charge on any atom is 0.233 e. The van der Waals surface area contributed by atoms with Crippen molar-refractivity contribution in [1.82, 2.24) is 10.2 Å². The van der Waals surface area contributed by atoms with Gasteiger partial charge in [-0.2, -0.15) is 0 Å². The molecular weight excluding hydrogens is 328 g/mol. The molecule has 1 N–H and O–H groups in total. The predicted molar refractivity (Wildman–Crippen MR) is 105 cm³/mol. The predicted octanol–water partition coefficient (Wildman–Crippen LogP) is 3.87. The molecule has 2 aromatic carbocycles. The van der Waals surface area contributed by atoms with Gasteiger partial charge in [0.25, 0.3) is 0 Å². The molecule has 1 aliphatic rings. The lowest BCUT2D eigenvalue weighted by molar-refractivity contribution is -0.120. The lowest BCUT2D eigenvalue weighted by atomic mass is 10.2. The van der Waals surface area contributed by atoms with Gasteiger partial charge in [0.1, 0.15) is 0 Å². The second-order valence-corrected chi connectivity index (χ2v) is 8.20. The van der Waals surface area contributed by atoms with E-state index in [-0.39, 0.29) is 17.2 Å². The third kappa shape index (κ3) is 5.35. The van der Waals surface area contributed by atoms with Crippen LogP contribution in [0.25, 0.3) is 0 Å². The number of rotatable bonds is 6. The number of hydrogen-bond donors (Lipinski definition) is 1. The van der Waals surface area contributed by atoms with Crippen molar-refractivity contribution >= 4 is 17.7 Å². The second kappa shape index (κ2) is 8.54. The summed E-state index contributed by atoms with van der Waals surface area (Å²) in [5.74, 6) is 0.136. The highest BCUT2D eigenvalue weighted by atomic mass is 32.2. The lowest BCUT2D eigenvalue weighted by Crippen LogP contribution is -2.40. The molecule has 1 aliphatic heterocycles. The van der Waals surface area contributed by atoms with Crippen molar-refractivity contribution in [2.75, 3.05) is 13.1 Å². The Kier molecular flexibility index (Phi) is 6.16. The molecule has 0 bridgehead atoms. The van der Waals surface area contributed by atoms with Crippen molar-refractivity contribution in [3.8, 4) is 0 Å². The first-order chi connectivity index (χ1) is 12.1. The van der Waals surface area contributed by atoms with E-state index in [1.807, 2.05) is 13.0 Å². The van der Waals surface area contributed by atoms with Gasteiger partial charge >= 0.3 is 0 Å². The van der Waals surface area contributed by atoms with Crippen LogP contribution >= 0.6 is 11.8 Å². The minimum absolute atomic E-state index is 0.0779. The Hall–Kier alpha value is -1.78. The Morgan fingerprint density at radius 2 is 1.92 bits per heavy atom. The minimum atomic E-state index is -0.0779. The van der Waals surface area contributed by atoms with Gasteiger partial charge in [-0.15, -0.1) is 11.8 Å². The average Bonchev–Trinajstić information content (AvgIpc) is 3.04. The molecule has 0 saturated carbocycles. The number of benzene rings is 2. The summed E-state index contributed by atoms with van der Waals surface area (Å²) in [4.78, 5) is 16.0. The Morgan fingerprint density at radius 1 is 1.20 bits per heavy atom. The van der Waals surface area contributed by atoms with Crippen LogP contribution in [0, 0.1) is 6.92 Å². The molecule has 4 heteroatoms. The molecule has 0 radical (unpaired) electrons. The number of nitrogens with one attached hydrogen (secondary N) is 1. The van der Waals surface area contributed by atoms with Gasteiger partial charge in [-0.25, -0.2) is 0 Å². The quantitative estimate of drug-likeness (QED) is 0.800. The summed E-state index contributed by atoms with van der Waals surface area (Å²) in [7, 11) is 0. The number of aryl methyl sites for hydroxylation is 1. The summed E-state index contributed by atoms with van der Waals surface area (Å²) in [6.07, 6.45) is 1.03. The van der Waals surface area contributed by atoms with Crippen molar-refractivity contribution < 1.29 is 4.79 Å². The van der Waals surface area contributed by atoms with Crippen molar-refractivity contribution in [2.24, 2.45) is 0 Å². The van der Waals surface area contributed by atoms with Gasteiger partial charge in [-0.05, 0) is 38.0 Å². The van der Waals surface area contributed by atoms with Crippen LogP contribution in [0.15, 0.2) is 59.5 Å². The molecule has 3 rings (SSSR count). The van der Waals surface area contributed by atoms with Gasteiger partial charge < -0.3 is 5.32 Å². The van der Waals surface area contributed by atoms with Crippen LogP contribution in [0.4, 0.5) is 0 Å². The Morgan fingerprint density at radius 3 is 2.64 bits per heavy atom. The topological polar surface area (TPSA) is 32.3 Å². The van der Waals surface area contributed by atoms with Gasteiger partial charge in [0.15, 0.2) is 0 Å². The monoisotopic (exact) mass is 354 g/mol. The van der Waals surface area contributed by atoms with E-state index in [1.165, 1.54) is 11.1 Å². The average molecular weight is 355 g/mol. The van der Waals surface area contributed by atoms with Gasteiger partial charge in [-0.3, -0.25) is 9.69 Å². The fraction of sp³-hybridized carbons (Fsp3) is 0.381. The first-order valence-corrected chi connectivity index (χ1v) is 9.78. The first kappa shape index (κ1) is 18.0. The molecule has 1 amide bonds. The molecular formula is C21H26N2OS. The summed E-state index contributed by atoms with van der Waals surface area (Å²) < 4.78 is 0. The van der Waals surface area contributed by atoms with Crippen molar-refractivity contribution in [3.05, 3.63) is 65.7 Å². The SMILES string of the molecule is Cc1ccc(S[C@@H](C)C(=O)N[C@@H]2CCN(Cc3ccccc3)C2)cc1. The number of carbonyl (C=O) groups excluding carboxylic acids is 1. The number of thioether (sulfide) groups is 1. The van der Waals surface area contributed by atoms with E-state index < -0.39 is 0 Å². The Bertz CT molecular complexity index is 687. The fourth-order valence-corrected chi connectivity index (χ4v) is 4.01. The van der Waals surface area contributed by atoms with Crippen LogP contribution < -0.4 is 5.32 Å². The summed E-state index contributed by atoms with van der Waals surface area (Å²) in [6, 6.07) is 19.1. The largest absolute Gasteiger partial charge is 0.351 e. The van der Waals surface area contributed by atoms with Gasteiger partial charge in [-0.1, -0.05) is 48.0 Å². The van der Waals surface area contributed by atoms with E-state index in [0.29, 0.717) is 0 Å². The van der Waals surface area contributed by atoms with E-state index in [0.717, 1.165) is 31.0 Å². The molecule has 1 heterocycles. The summed E-state index contributed by atoms with van der Waals surface area (Å²) >= 11 is 1.62. The van der Waals surface area contributed by atoms with E-state index in [9.17, 15) is 4.79 Å². The van der Waals surface area contributed by atoms with Crippen LogP contribution in [-0.2, 0) is 11.3 Å². The molecule has 0 unspecified atom stereocenters. The molecule has 2 aromatic rings. The minimum Gasteiger partial charge on any atom is -0.351 e. The number of hydrogen-bond acceptors (Lipinski definition) is 3. The van der Waals surface area contributed by atoms with E-state index in [2.05, 4.69) is 65.7 Å². The van der Waals surface area contributed by atoms with Crippen LogP contribution in [0.3, 0.4) is 0 Å². The van der Waals surface area contributed by atoms with Crippen LogP contribution in [0.5, 0.6) is 0 Å². The maximum absolute atomic E-state index is 12.5. The standard InChI is InChI=1S/C21H26N2OS/c1-16-8-10-20(11-9-16)25-17(2)21(24)22-19-12-13-23(15-19)14-18-6-4-3-5-7-18/h3-11,17,19H,12-15H2,1-2H3,(H,22,24)/t17-,19+/m0/s1. The number of nitrogens with zero attached hydrogens (tertiary/aromatic N) is 1. The summed E-state index contributed by atoms with van der Waals surface area (Å²) in [5.41, 5.74) is 2.57. The third-order valence-electron chi connectivity index (χ3n) is 4.57. The summed E-state index contributed by atoms with van der Waals surface area (Å²) in [5, 5.41) is 3.15. The van der Waals surface area contributed by atoms with E-state index in [4.69, 9.17) is 0 Å². The fourth-order valence-electron chi connectivity index (χ4n) is 3.13. The molecule has 1 saturated heterocycles. The second-order valence-electron chi connectivity index (χ2n) is 6.79. The Balaban J connectivity index is 1.45. The van der Waals surface area contributed by atoms with Gasteiger partial charge in [0.05, 0.1) is 5.25 Å². The highest BCUT2D eigenvalue weighted by molar-refractivity contribution is 8.00. The Labute approximate surface area is 154 Å². The van der Waals surface area contributed by atoms with Gasteiger partial charge in [0.2, 0.25) is 5.91 Å². The molecule has 2 atom stereocenters. The molecule has 1 fully saturated rings. The van der Waals surface area contributed by atoms with E-state index >= 15 is 0 Å². The lowest BCUT2D eigenvalue weighted by Gasteiger charge is -2.18. The van der Waals surface area contributed by atoms with E-state index in [1.54, 1.807) is 11.8 Å². The molecule has 0 aromatic heterocycles. The number of amides is 1. The van der Waals surface area contributed by atoms with Crippen molar-refractivity contribution in [1.29, 1.82) is 0 Å².